The highest BCUT2D eigenvalue weighted by molar-refractivity contribution is 9.10. The Hall–Kier alpha value is -1.60. The molecule has 2 aromatic rings. The Labute approximate surface area is 125 Å². The third-order valence-corrected chi connectivity index (χ3v) is 5.10. The molecule has 4 nitrogen and oxygen atoms in total. The fraction of sp³-hybridized carbons (Fsp3) is 0.0769. The minimum absolute atomic E-state index is 0.279. The maximum atomic E-state index is 13.7. The van der Waals surface area contributed by atoms with Gasteiger partial charge in [-0.2, -0.15) is 0 Å². The molecule has 7 heteroatoms. The number of nitrogens with zero attached hydrogens (tertiary/aromatic N) is 1. The van der Waals surface area contributed by atoms with Gasteiger partial charge in [0.1, 0.15) is 10.7 Å². The van der Waals surface area contributed by atoms with Crippen LogP contribution in [0.4, 0.5) is 15.8 Å². The van der Waals surface area contributed by atoms with Crippen molar-refractivity contribution in [2.45, 2.75) is 4.90 Å². The number of nitrogen functional groups attached to an aromatic ring is 1. The Bertz CT molecular complexity index is 750. The molecular formula is C13H12BrFN2O2S. The zero-order valence-corrected chi connectivity index (χ0v) is 12.9. The van der Waals surface area contributed by atoms with Gasteiger partial charge in [0.15, 0.2) is 0 Å². The molecule has 0 fully saturated rings. The molecule has 0 unspecified atom stereocenters. The van der Waals surface area contributed by atoms with Crippen LogP contribution in [0.3, 0.4) is 0 Å². The first-order chi connectivity index (χ1) is 9.34. The van der Waals surface area contributed by atoms with E-state index in [0.29, 0.717) is 0 Å². The number of nitrogens with two attached hydrogens (primary N) is 1. The van der Waals surface area contributed by atoms with Crippen LogP contribution in [0.2, 0.25) is 0 Å². The number of rotatable bonds is 3. The minimum atomic E-state index is -4.00. The molecule has 0 saturated carbocycles. The summed E-state index contributed by atoms with van der Waals surface area (Å²) in [5, 5.41) is 0. The second-order valence-corrected chi connectivity index (χ2v) is 6.96. The molecule has 0 saturated heterocycles. The summed E-state index contributed by atoms with van der Waals surface area (Å²) in [6, 6.07) is 10.0. The molecular weight excluding hydrogens is 347 g/mol. The molecule has 0 bridgehead atoms. The maximum absolute atomic E-state index is 13.7. The monoisotopic (exact) mass is 358 g/mol. The van der Waals surface area contributed by atoms with Crippen molar-refractivity contribution in [3.8, 4) is 0 Å². The summed E-state index contributed by atoms with van der Waals surface area (Å²) in [6.07, 6.45) is 0. The van der Waals surface area contributed by atoms with Gasteiger partial charge in [-0.3, -0.25) is 4.31 Å². The van der Waals surface area contributed by atoms with Gasteiger partial charge in [-0.05, 0) is 30.3 Å². The quantitative estimate of drug-likeness (QED) is 0.857. The fourth-order valence-electron chi connectivity index (χ4n) is 1.74. The zero-order valence-electron chi connectivity index (χ0n) is 10.5. The third kappa shape index (κ3) is 2.64. The molecule has 20 heavy (non-hydrogen) atoms. The smallest absolute Gasteiger partial charge is 0.267 e. The van der Waals surface area contributed by atoms with E-state index >= 15 is 0 Å². The predicted octanol–water partition coefficient (Wildman–Crippen LogP) is 3.00. The normalized spacial score (nSPS) is 11.3. The van der Waals surface area contributed by atoms with Crippen LogP contribution in [0.15, 0.2) is 51.8 Å². The lowest BCUT2D eigenvalue weighted by Crippen LogP contribution is -2.28. The Morgan fingerprint density at radius 1 is 1.20 bits per heavy atom. The maximum Gasteiger partial charge on any atom is 0.267 e. The van der Waals surface area contributed by atoms with Crippen molar-refractivity contribution in [1.29, 1.82) is 0 Å². The second-order valence-electron chi connectivity index (χ2n) is 4.11. The highest BCUT2D eigenvalue weighted by atomic mass is 79.9. The van der Waals surface area contributed by atoms with Gasteiger partial charge in [-0.15, -0.1) is 0 Å². The van der Waals surface area contributed by atoms with E-state index in [-0.39, 0.29) is 16.3 Å². The van der Waals surface area contributed by atoms with Crippen LogP contribution in [-0.4, -0.2) is 15.5 Å². The first-order valence-electron chi connectivity index (χ1n) is 5.62. The van der Waals surface area contributed by atoms with E-state index in [1.54, 1.807) is 18.2 Å². The van der Waals surface area contributed by atoms with Crippen LogP contribution in [0.1, 0.15) is 0 Å². The molecule has 0 aliphatic heterocycles. The summed E-state index contributed by atoms with van der Waals surface area (Å²) in [4.78, 5) is -0.384. The number of halogens is 2. The molecule has 0 spiro atoms. The fourth-order valence-corrected chi connectivity index (χ4v) is 3.41. The minimum Gasteiger partial charge on any atom is -0.397 e. The van der Waals surface area contributed by atoms with E-state index in [9.17, 15) is 12.8 Å². The molecule has 0 aliphatic rings. The number of hydrogen-bond acceptors (Lipinski definition) is 3. The first-order valence-corrected chi connectivity index (χ1v) is 7.86. The van der Waals surface area contributed by atoms with Gasteiger partial charge in [0, 0.05) is 11.5 Å². The van der Waals surface area contributed by atoms with Crippen molar-refractivity contribution in [1.82, 2.24) is 0 Å². The molecule has 0 aliphatic carbocycles. The largest absolute Gasteiger partial charge is 0.397 e. The lowest BCUT2D eigenvalue weighted by molar-refractivity contribution is 0.566. The van der Waals surface area contributed by atoms with Crippen molar-refractivity contribution in [2.24, 2.45) is 0 Å². The number of anilines is 2. The summed E-state index contributed by atoms with van der Waals surface area (Å²) < 4.78 is 40.2. The highest BCUT2D eigenvalue weighted by Gasteiger charge is 2.25. The molecule has 0 radical (unpaired) electrons. The van der Waals surface area contributed by atoms with E-state index in [1.807, 2.05) is 0 Å². The standard InChI is InChI=1S/C13H12BrFN2O2S/c1-17(12-7-6-9(14)8-11(12)16)20(18,19)13-5-3-2-4-10(13)15/h2-8H,16H2,1H3. The van der Waals surface area contributed by atoms with Crippen LogP contribution in [0.25, 0.3) is 0 Å². The van der Waals surface area contributed by atoms with Crippen LogP contribution in [0, 0.1) is 5.82 Å². The van der Waals surface area contributed by atoms with Gasteiger partial charge in [0.2, 0.25) is 0 Å². The van der Waals surface area contributed by atoms with Crippen molar-refractivity contribution >= 4 is 37.3 Å². The average molecular weight is 359 g/mol. The van der Waals surface area contributed by atoms with Gasteiger partial charge in [0.05, 0.1) is 11.4 Å². The lowest BCUT2D eigenvalue weighted by atomic mass is 10.3. The van der Waals surface area contributed by atoms with Gasteiger partial charge in [-0.1, -0.05) is 28.1 Å². The van der Waals surface area contributed by atoms with Gasteiger partial charge < -0.3 is 5.73 Å². The molecule has 2 N–H and O–H groups in total. The second kappa shape index (κ2) is 5.41. The number of benzene rings is 2. The topological polar surface area (TPSA) is 63.4 Å². The summed E-state index contributed by atoms with van der Waals surface area (Å²) in [7, 11) is -2.66. The molecule has 0 atom stereocenters. The highest BCUT2D eigenvalue weighted by Crippen LogP contribution is 2.30. The van der Waals surface area contributed by atoms with Crippen LogP contribution >= 0.6 is 15.9 Å². The van der Waals surface area contributed by atoms with Crippen LogP contribution in [-0.2, 0) is 10.0 Å². The van der Waals surface area contributed by atoms with Gasteiger partial charge in [0.25, 0.3) is 10.0 Å². The van der Waals surface area contributed by atoms with E-state index in [4.69, 9.17) is 5.73 Å². The number of sulfonamides is 1. The van der Waals surface area contributed by atoms with Gasteiger partial charge >= 0.3 is 0 Å². The molecule has 2 rings (SSSR count). The van der Waals surface area contributed by atoms with E-state index in [0.717, 1.165) is 14.8 Å². The van der Waals surface area contributed by atoms with E-state index < -0.39 is 15.8 Å². The molecule has 0 aromatic heterocycles. The Balaban J connectivity index is 2.52. The summed E-state index contributed by atoms with van der Waals surface area (Å²) >= 11 is 3.24. The molecule has 0 amide bonds. The SMILES string of the molecule is CN(c1ccc(Br)cc1N)S(=O)(=O)c1ccccc1F. The Kier molecular flexibility index (Phi) is 4.01. The van der Waals surface area contributed by atoms with Crippen molar-refractivity contribution in [3.63, 3.8) is 0 Å². The molecule has 0 heterocycles. The van der Waals surface area contributed by atoms with Crippen LogP contribution < -0.4 is 10.0 Å². The summed E-state index contributed by atoms with van der Waals surface area (Å²) in [5.41, 5.74) is 6.37. The first kappa shape index (κ1) is 14.8. The molecule has 106 valence electrons. The van der Waals surface area contributed by atoms with E-state index in [1.165, 1.54) is 25.2 Å². The summed E-state index contributed by atoms with van der Waals surface area (Å²) in [6.45, 7) is 0. The van der Waals surface area contributed by atoms with Crippen molar-refractivity contribution in [3.05, 3.63) is 52.8 Å². The van der Waals surface area contributed by atoms with Crippen LogP contribution in [0.5, 0.6) is 0 Å². The Morgan fingerprint density at radius 2 is 1.85 bits per heavy atom. The zero-order chi connectivity index (χ0) is 14.9. The lowest BCUT2D eigenvalue weighted by Gasteiger charge is -2.21. The third-order valence-electron chi connectivity index (χ3n) is 2.80. The predicted molar refractivity (Wildman–Crippen MR) is 80.5 cm³/mol. The number of hydrogen-bond donors (Lipinski definition) is 1. The average Bonchev–Trinajstić information content (AvgIpc) is 2.38. The summed E-state index contributed by atoms with van der Waals surface area (Å²) in [5.74, 6) is -0.796. The van der Waals surface area contributed by atoms with Crippen molar-refractivity contribution < 1.29 is 12.8 Å². The van der Waals surface area contributed by atoms with Crippen molar-refractivity contribution in [2.75, 3.05) is 17.1 Å². The van der Waals surface area contributed by atoms with E-state index in [2.05, 4.69) is 15.9 Å². The molecule has 2 aromatic carbocycles. The van der Waals surface area contributed by atoms with Gasteiger partial charge in [-0.25, -0.2) is 12.8 Å². The Morgan fingerprint density at radius 3 is 2.45 bits per heavy atom.